The van der Waals surface area contributed by atoms with Crippen molar-refractivity contribution in [3.8, 4) is 5.75 Å². The minimum atomic E-state index is -0.504. The number of anilines is 1. The van der Waals surface area contributed by atoms with Gasteiger partial charge in [0.1, 0.15) is 12.3 Å². The summed E-state index contributed by atoms with van der Waals surface area (Å²) in [5.74, 6) is 0.0331. The fourth-order valence-electron chi connectivity index (χ4n) is 2.86. The van der Waals surface area contributed by atoms with E-state index in [9.17, 15) is 14.4 Å². The van der Waals surface area contributed by atoms with E-state index in [0.29, 0.717) is 11.4 Å². The molecule has 2 aliphatic carbocycles. The van der Waals surface area contributed by atoms with E-state index in [4.69, 9.17) is 4.74 Å². The number of carbonyl (C=O) groups is 3. The minimum absolute atomic E-state index is 0.0344. The first-order valence-electron chi connectivity index (χ1n) is 8.51. The number of benzene rings is 1. The van der Waals surface area contributed by atoms with Crippen LogP contribution in [0.1, 0.15) is 38.5 Å². The average Bonchev–Trinajstić information content (AvgIpc) is 3.29. The Morgan fingerprint density at radius 3 is 2.17 bits per heavy atom. The van der Waals surface area contributed by atoms with Gasteiger partial charge in [-0.05, 0) is 49.9 Å². The van der Waals surface area contributed by atoms with E-state index in [0.717, 1.165) is 38.5 Å². The van der Waals surface area contributed by atoms with Gasteiger partial charge in [0.05, 0.1) is 0 Å². The summed E-state index contributed by atoms with van der Waals surface area (Å²) in [6.07, 6.45) is 5.85. The van der Waals surface area contributed by atoms with E-state index >= 15 is 0 Å². The summed E-state index contributed by atoms with van der Waals surface area (Å²) in [5.41, 5.74) is 0.682. The number of hydrogen-bond donors (Lipinski definition) is 2. The van der Waals surface area contributed by atoms with Gasteiger partial charge >= 0.3 is 5.97 Å². The third-order valence-corrected chi connectivity index (χ3v) is 4.43. The summed E-state index contributed by atoms with van der Waals surface area (Å²) in [6.45, 7) is -0.129. The summed E-state index contributed by atoms with van der Waals surface area (Å²) in [4.78, 5) is 35.3. The monoisotopic (exact) mass is 330 g/mol. The van der Waals surface area contributed by atoms with Crippen LogP contribution in [0.25, 0.3) is 0 Å². The number of nitrogens with one attached hydrogen (secondary N) is 2. The maximum Gasteiger partial charge on any atom is 0.330 e. The number of ether oxygens (including phenoxy) is 1. The Morgan fingerprint density at radius 1 is 0.917 bits per heavy atom. The molecule has 1 aromatic rings. The molecule has 2 aliphatic rings. The van der Waals surface area contributed by atoms with Crippen LogP contribution >= 0.6 is 0 Å². The van der Waals surface area contributed by atoms with Crippen LogP contribution in [0.4, 0.5) is 5.69 Å². The first-order chi connectivity index (χ1) is 11.6. The zero-order valence-corrected chi connectivity index (χ0v) is 13.5. The fraction of sp³-hybridized carbons (Fsp3) is 0.500. The molecule has 0 bridgehead atoms. The molecule has 2 N–H and O–H groups in total. The molecule has 0 heterocycles. The van der Waals surface area contributed by atoms with Crippen LogP contribution in [0, 0.1) is 11.8 Å². The van der Waals surface area contributed by atoms with Crippen molar-refractivity contribution in [2.24, 2.45) is 11.8 Å². The SMILES string of the molecule is O=C(CNC(=O)C1CCCC1)Oc1ccc(NC(=O)C2CC2)cc1. The molecule has 2 amide bonds. The molecule has 0 unspecified atom stereocenters. The van der Waals surface area contributed by atoms with Crippen molar-refractivity contribution in [1.29, 1.82) is 0 Å². The van der Waals surface area contributed by atoms with Crippen molar-refractivity contribution < 1.29 is 19.1 Å². The Labute approximate surface area is 140 Å². The molecule has 0 saturated heterocycles. The molecule has 128 valence electrons. The summed E-state index contributed by atoms with van der Waals surface area (Å²) in [6, 6.07) is 6.64. The highest BCUT2D eigenvalue weighted by Crippen LogP contribution is 2.30. The van der Waals surface area contributed by atoms with Crippen LogP contribution in [0.15, 0.2) is 24.3 Å². The fourth-order valence-corrected chi connectivity index (χ4v) is 2.86. The minimum Gasteiger partial charge on any atom is -0.425 e. The summed E-state index contributed by atoms with van der Waals surface area (Å²) in [7, 11) is 0. The number of rotatable bonds is 6. The maximum absolute atomic E-state index is 11.9. The molecule has 6 heteroatoms. The van der Waals surface area contributed by atoms with Gasteiger partial charge in [-0.3, -0.25) is 9.59 Å². The van der Waals surface area contributed by atoms with Crippen LogP contribution < -0.4 is 15.4 Å². The van der Waals surface area contributed by atoms with E-state index in [2.05, 4.69) is 10.6 Å². The van der Waals surface area contributed by atoms with Crippen molar-refractivity contribution in [3.05, 3.63) is 24.3 Å². The second kappa shape index (κ2) is 7.47. The Morgan fingerprint density at radius 2 is 1.54 bits per heavy atom. The van der Waals surface area contributed by atoms with Crippen molar-refractivity contribution in [3.63, 3.8) is 0 Å². The zero-order valence-electron chi connectivity index (χ0n) is 13.5. The molecule has 0 aliphatic heterocycles. The second-order valence-corrected chi connectivity index (χ2v) is 6.46. The van der Waals surface area contributed by atoms with Gasteiger partial charge in [0.2, 0.25) is 11.8 Å². The normalized spacial score (nSPS) is 17.3. The molecule has 1 aromatic carbocycles. The predicted molar refractivity (Wildman–Crippen MR) is 88.4 cm³/mol. The van der Waals surface area contributed by atoms with Crippen LogP contribution in [-0.4, -0.2) is 24.3 Å². The van der Waals surface area contributed by atoms with Crippen molar-refractivity contribution in [2.45, 2.75) is 38.5 Å². The summed E-state index contributed by atoms with van der Waals surface area (Å²) < 4.78 is 5.18. The largest absolute Gasteiger partial charge is 0.425 e. The van der Waals surface area contributed by atoms with E-state index in [1.54, 1.807) is 24.3 Å². The lowest BCUT2D eigenvalue weighted by atomic mass is 10.1. The predicted octanol–water partition coefficient (Wildman–Crippen LogP) is 2.25. The van der Waals surface area contributed by atoms with Crippen LogP contribution in [-0.2, 0) is 14.4 Å². The highest BCUT2D eigenvalue weighted by Gasteiger charge is 2.29. The Balaban J connectivity index is 1.42. The summed E-state index contributed by atoms with van der Waals surface area (Å²) in [5, 5.41) is 5.45. The van der Waals surface area contributed by atoms with Crippen LogP contribution in [0.2, 0.25) is 0 Å². The van der Waals surface area contributed by atoms with Gasteiger partial charge in [0.25, 0.3) is 0 Å². The molecule has 2 saturated carbocycles. The summed E-state index contributed by atoms with van der Waals surface area (Å²) >= 11 is 0. The quantitative estimate of drug-likeness (QED) is 0.619. The molecule has 24 heavy (non-hydrogen) atoms. The Bertz CT molecular complexity index is 616. The zero-order chi connectivity index (χ0) is 16.9. The van der Waals surface area contributed by atoms with E-state index in [-0.39, 0.29) is 30.2 Å². The highest BCUT2D eigenvalue weighted by atomic mass is 16.5. The third kappa shape index (κ3) is 4.57. The van der Waals surface area contributed by atoms with Gasteiger partial charge in [-0.25, -0.2) is 4.79 Å². The number of amides is 2. The van der Waals surface area contributed by atoms with Gasteiger partial charge in [-0.1, -0.05) is 12.8 Å². The maximum atomic E-state index is 11.9. The molecule has 0 radical (unpaired) electrons. The molecular formula is C18H22N2O4. The lowest BCUT2D eigenvalue weighted by Crippen LogP contribution is -2.35. The lowest BCUT2D eigenvalue weighted by molar-refractivity contribution is -0.136. The van der Waals surface area contributed by atoms with Gasteiger partial charge in [0, 0.05) is 17.5 Å². The molecule has 0 aromatic heterocycles. The third-order valence-electron chi connectivity index (χ3n) is 4.43. The molecule has 6 nitrogen and oxygen atoms in total. The number of esters is 1. The first kappa shape index (κ1) is 16.5. The average molecular weight is 330 g/mol. The van der Waals surface area contributed by atoms with Crippen LogP contribution in [0.5, 0.6) is 5.75 Å². The van der Waals surface area contributed by atoms with Crippen molar-refractivity contribution in [1.82, 2.24) is 5.32 Å². The molecule has 2 fully saturated rings. The number of hydrogen-bond acceptors (Lipinski definition) is 4. The van der Waals surface area contributed by atoms with E-state index in [1.165, 1.54) is 0 Å². The van der Waals surface area contributed by atoms with E-state index in [1.807, 2.05) is 0 Å². The standard InChI is InChI=1S/C18H22N2O4/c21-16(11-19-17(22)12-3-1-2-4-12)24-15-9-7-14(8-10-15)20-18(23)13-5-6-13/h7-10,12-13H,1-6,11H2,(H,19,22)(H,20,23). The molecule has 0 atom stereocenters. The molecule has 0 spiro atoms. The van der Waals surface area contributed by atoms with E-state index < -0.39 is 5.97 Å². The van der Waals surface area contributed by atoms with Crippen molar-refractivity contribution >= 4 is 23.5 Å². The first-order valence-corrected chi connectivity index (χ1v) is 8.51. The Kier molecular flexibility index (Phi) is 5.13. The van der Waals surface area contributed by atoms with Crippen LogP contribution in [0.3, 0.4) is 0 Å². The second-order valence-electron chi connectivity index (χ2n) is 6.46. The molecular weight excluding hydrogens is 308 g/mol. The van der Waals surface area contributed by atoms with Crippen molar-refractivity contribution in [2.75, 3.05) is 11.9 Å². The van der Waals surface area contributed by atoms with Gasteiger partial charge in [-0.15, -0.1) is 0 Å². The molecule has 3 rings (SSSR count). The smallest absolute Gasteiger partial charge is 0.330 e. The Hall–Kier alpha value is -2.37. The van der Waals surface area contributed by atoms with Gasteiger partial charge in [0.15, 0.2) is 0 Å². The topological polar surface area (TPSA) is 84.5 Å². The lowest BCUT2D eigenvalue weighted by Gasteiger charge is -2.10. The van der Waals surface area contributed by atoms with Gasteiger partial charge < -0.3 is 15.4 Å². The highest BCUT2D eigenvalue weighted by molar-refractivity contribution is 5.94. The number of carbonyl (C=O) groups excluding carboxylic acids is 3. The van der Waals surface area contributed by atoms with Gasteiger partial charge in [-0.2, -0.15) is 0 Å².